The molecule has 0 radical (unpaired) electrons. The summed E-state index contributed by atoms with van der Waals surface area (Å²) in [5.74, 6) is 0.628. The Hall–Kier alpha value is -0.390. The summed E-state index contributed by atoms with van der Waals surface area (Å²) in [7, 11) is -2.78. The van der Waals surface area contributed by atoms with Crippen molar-refractivity contribution in [2.45, 2.75) is 32.4 Å². The third-order valence-corrected chi connectivity index (χ3v) is 5.98. The first-order valence-electron chi connectivity index (χ1n) is 5.48. The highest BCUT2D eigenvalue weighted by atomic mass is 32.2. The van der Waals surface area contributed by atoms with Gasteiger partial charge in [-0.3, -0.25) is 0 Å². The molecule has 0 aliphatic carbocycles. The van der Waals surface area contributed by atoms with Gasteiger partial charge in [-0.1, -0.05) is 0 Å². The zero-order valence-electron chi connectivity index (χ0n) is 9.56. The third kappa shape index (κ3) is 2.64. The molecule has 3 nitrogen and oxygen atoms in total. The molecule has 0 bridgehead atoms. The lowest BCUT2D eigenvalue weighted by Crippen LogP contribution is -2.32. The van der Waals surface area contributed by atoms with E-state index in [1.807, 2.05) is 0 Å². The van der Waals surface area contributed by atoms with Crippen molar-refractivity contribution < 1.29 is 8.42 Å². The summed E-state index contributed by atoms with van der Waals surface area (Å²) in [5, 5.41) is 5.49. The maximum atomic E-state index is 11.3. The summed E-state index contributed by atoms with van der Waals surface area (Å²) in [4.78, 5) is 1.31. The summed E-state index contributed by atoms with van der Waals surface area (Å²) in [6.45, 7) is 4.19. The van der Waals surface area contributed by atoms with Gasteiger partial charge in [-0.25, -0.2) is 8.42 Å². The lowest BCUT2D eigenvalue weighted by atomic mass is 10.1. The van der Waals surface area contributed by atoms with Crippen molar-refractivity contribution in [1.29, 1.82) is 0 Å². The van der Waals surface area contributed by atoms with Crippen molar-refractivity contribution in [2.24, 2.45) is 0 Å². The van der Waals surface area contributed by atoms with Crippen LogP contribution in [0.3, 0.4) is 0 Å². The lowest BCUT2D eigenvalue weighted by Gasteiger charge is -2.18. The molecular weight excluding hydrogens is 242 g/mol. The first-order valence-corrected chi connectivity index (χ1v) is 8.18. The Balaban J connectivity index is 1.99. The van der Waals surface area contributed by atoms with Crippen LogP contribution in [-0.2, 0) is 9.84 Å². The van der Waals surface area contributed by atoms with Crippen molar-refractivity contribution in [3.63, 3.8) is 0 Å². The van der Waals surface area contributed by atoms with Crippen LogP contribution in [0.25, 0.3) is 0 Å². The molecule has 16 heavy (non-hydrogen) atoms. The molecule has 1 saturated heterocycles. The lowest BCUT2D eigenvalue weighted by molar-refractivity contribution is 0.488. The highest BCUT2D eigenvalue weighted by Gasteiger charge is 2.29. The van der Waals surface area contributed by atoms with Gasteiger partial charge in [0.2, 0.25) is 0 Å². The van der Waals surface area contributed by atoms with E-state index in [0.29, 0.717) is 11.5 Å². The molecule has 2 unspecified atom stereocenters. The molecule has 90 valence electrons. The molecule has 0 aromatic carbocycles. The number of hydrogen-bond acceptors (Lipinski definition) is 4. The van der Waals surface area contributed by atoms with Gasteiger partial charge in [0.25, 0.3) is 0 Å². The first-order chi connectivity index (χ1) is 7.48. The Morgan fingerprint density at radius 2 is 2.31 bits per heavy atom. The Kier molecular flexibility index (Phi) is 3.37. The van der Waals surface area contributed by atoms with Crippen LogP contribution < -0.4 is 5.32 Å². The van der Waals surface area contributed by atoms with Crippen LogP contribution in [0.15, 0.2) is 11.4 Å². The van der Waals surface area contributed by atoms with Crippen LogP contribution in [0.5, 0.6) is 0 Å². The van der Waals surface area contributed by atoms with E-state index in [0.717, 1.165) is 6.42 Å². The minimum Gasteiger partial charge on any atom is -0.306 e. The Morgan fingerprint density at radius 3 is 2.81 bits per heavy atom. The molecule has 2 rings (SSSR count). The molecule has 0 saturated carbocycles. The highest BCUT2D eigenvalue weighted by molar-refractivity contribution is 7.91. The number of rotatable bonds is 3. The molecule has 1 aliphatic heterocycles. The maximum Gasteiger partial charge on any atom is 0.151 e. The zero-order chi connectivity index (χ0) is 11.8. The van der Waals surface area contributed by atoms with E-state index in [-0.39, 0.29) is 12.1 Å². The molecule has 1 aliphatic rings. The second-order valence-corrected chi connectivity index (χ2v) is 7.63. The molecule has 5 heteroatoms. The Labute approximate surface area is 101 Å². The van der Waals surface area contributed by atoms with E-state index in [9.17, 15) is 8.42 Å². The summed E-state index contributed by atoms with van der Waals surface area (Å²) < 4.78 is 22.7. The highest BCUT2D eigenvalue weighted by Crippen LogP contribution is 2.25. The van der Waals surface area contributed by atoms with Gasteiger partial charge in [0.05, 0.1) is 11.5 Å². The average Bonchev–Trinajstić information content (AvgIpc) is 2.72. The molecule has 0 spiro atoms. The SMILES string of the molecule is Cc1ccsc1C(C)NC1CCS(=O)(=O)C1. The molecule has 0 amide bonds. The van der Waals surface area contributed by atoms with E-state index in [1.165, 1.54) is 10.4 Å². The number of thiophene rings is 1. The fourth-order valence-corrected chi connectivity index (χ4v) is 4.81. The average molecular weight is 259 g/mol. The number of sulfone groups is 1. The van der Waals surface area contributed by atoms with Gasteiger partial charge < -0.3 is 5.32 Å². The quantitative estimate of drug-likeness (QED) is 0.901. The minimum absolute atomic E-state index is 0.126. The van der Waals surface area contributed by atoms with Crippen LogP contribution in [-0.4, -0.2) is 26.0 Å². The van der Waals surface area contributed by atoms with Crippen molar-refractivity contribution in [3.05, 3.63) is 21.9 Å². The fraction of sp³-hybridized carbons (Fsp3) is 0.636. The fourth-order valence-electron chi connectivity index (χ4n) is 2.18. The van der Waals surface area contributed by atoms with Gasteiger partial charge in [0, 0.05) is 17.0 Å². The number of hydrogen-bond donors (Lipinski definition) is 1. The molecular formula is C11H17NO2S2. The van der Waals surface area contributed by atoms with Gasteiger partial charge in [0.15, 0.2) is 9.84 Å². The molecule has 1 N–H and O–H groups in total. The molecule has 2 heterocycles. The monoisotopic (exact) mass is 259 g/mol. The minimum atomic E-state index is -2.78. The number of nitrogens with one attached hydrogen (secondary N) is 1. The van der Waals surface area contributed by atoms with Crippen LogP contribution in [0.1, 0.15) is 29.8 Å². The molecule has 1 fully saturated rings. The molecule has 2 atom stereocenters. The van der Waals surface area contributed by atoms with Gasteiger partial charge in [-0.15, -0.1) is 11.3 Å². The van der Waals surface area contributed by atoms with E-state index in [2.05, 4.69) is 30.6 Å². The van der Waals surface area contributed by atoms with Crippen LogP contribution in [0.2, 0.25) is 0 Å². The Morgan fingerprint density at radius 1 is 1.56 bits per heavy atom. The summed E-state index contributed by atoms with van der Waals surface area (Å²) in [6.07, 6.45) is 0.747. The van der Waals surface area contributed by atoms with Crippen LogP contribution >= 0.6 is 11.3 Å². The van der Waals surface area contributed by atoms with E-state index in [1.54, 1.807) is 11.3 Å². The molecule has 1 aromatic heterocycles. The van der Waals surface area contributed by atoms with Crippen molar-refractivity contribution >= 4 is 21.2 Å². The number of aryl methyl sites for hydroxylation is 1. The topological polar surface area (TPSA) is 46.2 Å². The third-order valence-electron chi connectivity index (χ3n) is 3.01. The van der Waals surface area contributed by atoms with Gasteiger partial charge in [0.1, 0.15) is 0 Å². The molecule has 1 aromatic rings. The predicted molar refractivity (Wildman–Crippen MR) is 67.7 cm³/mol. The van der Waals surface area contributed by atoms with Crippen molar-refractivity contribution in [2.75, 3.05) is 11.5 Å². The smallest absolute Gasteiger partial charge is 0.151 e. The predicted octanol–water partition coefficient (Wildman–Crippen LogP) is 1.89. The summed E-state index contributed by atoms with van der Waals surface area (Å²) >= 11 is 1.73. The summed E-state index contributed by atoms with van der Waals surface area (Å²) in [6, 6.07) is 2.48. The van der Waals surface area contributed by atoms with Gasteiger partial charge in [-0.05, 0) is 37.3 Å². The van der Waals surface area contributed by atoms with Crippen LogP contribution in [0.4, 0.5) is 0 Å². The van der Waals surface area contributed by atoms with Crippen molar-refractivity contribution in [1.82, 2.24) is 5.32 Å². The van der Waals surface area contributed by atoms with E-state index < -0.39 is 9.84 Å². The van der Waals surface area contributed by atoms with Crippen molar-refractivity contribution in [3.8, 4) is 0 Å². The second kappa shape index (κ2) is 4.47. The Bertz CT molecular complexity index is 464. The van der Waals surface area contributed by atoms with E-state index >= 15 is 0 Å². The first kappa shape index (κ1) is 12.1. The maximum absolute atomic E-state index is 11.3. The van der Waals surface area contributed by atoms with Crippen LogP contribution in [0, 0.1) is 6.92 Å². The largest absolute Gasteiger partial charge is 0.306 e. The van der Waals surface area contributed by atoms with Gasteiger partial charge in [-0.2, -0.15) is 0 Å². The summed E-state index contributed by atoms with van der Waals surface area (Å²) in [5.41, 5.74) is 1.28. The standard InChI is InChI=1S/C11H17NO2S2/c1-8-3-5-15-11(8)9(2)12-10-4-6-16(13,14)7-10/h3,5,9-10,12H,4,6-7H2,1-2H3. The van der Waals surface area contributed by atoms with E-state index in [4.69, 9.17) is 0 Å². The van der Waals surface area contributed by atoms with Gasteiger partial charge >= 0.3 is 0 Å². The zero-order valence-corrected chi connectivity index (χ0v) is 11.2. The second-order valence-electron chi connectivity index (χ2n) is 4.46. The normalized spacial score (nSPS) is 25.8.